The third-order valence-corrected chi connectivity index (χ3v) is 2.97. The standard InChI is InChI=1S/C16H12FNO2/c1-11-7-12(8-18)5-6-14(11)10-20-16-13(9-19)3-2-4-15(16)17/h2-7,9H,10H2,1H3. The van der Waals surface area contributed by atoms with Crippen molar-refractivity contribution in [1.82, 2.24) is 0 Å². The molecule has 0 amide bonds. The van der Waals surface area contributed by atoms with Gasteiger partial charge in [-0.3, -0.25) is 4.79 Å². The predicted octanol–water partition coefficient (Wildman–Crippen LogP) is 3.40. The monoisotopic (exact) mass is 269 g/mol. The van der Waals surface area contributed by atoms with E-state index in [9.17, 15) is 9.18 Å². The number of ether oxygens (including phenoxy) is 1. The molecule has 2 aromatic carbocycles. The smallest absolute Gasteiger partial charge is 0.165 e. The summed E-state index contributed by atoms with van der Waals surface area (Å²) in [5, 5.41) is 8.80. The zero-order chi connectivity index (χ0) is 14.5. The van der Waals surface area contributed by atoms with Crippen molar-refractivity contribution < 1.29 is 13.9 Å². The van der Waals surface area contributed by atoms with Crippen LogP contribution in [-0.2, 0) is 6.61 Å². The van der Waals surface area contributed by atoms with Crippen molar-refractivity contribution in [3.8, 4) is 11.8 Å². The Morgan fingerprint density at radius 2 is 2.15 bits per heavy atom. The van der Waals surface area contributed by atoms with Gasteiger partial charge in [0.1, 0.15) is 6.61 Å². The van der Waals surface area contributed by atoms with Crippen LogP contribution in [0.4, 0.5) is 4.39 Å². The number of aldehydes is 1. The first-order valence-electron chi connectivity index (χ1n) is 6.02. The average molecular weight is 269 g/mol. The van der Waals surface area contributed by atoms with Crippen LogP contribution in [0.25, 0.3) is 0 Å². The molecule has 0 radical (unpaired) electrons. The molecule has 4 heteroatoms. The zero-order valence-corrected chi connectivity index (χ0v) is 10.9. The highest BCUT2D eigenvalue weighted by atomic mass is 19.1. The summed E-state index contributed by atoms with van der Waals surface area (Å²) in [5.74, 6) is -0.618. The summed E-state index contributed by atoms with van der Waals surface area (Å²) in [4.78, 5) is 10.9. The van der Waals surface area contributed by atoms with Gasteiger partial charge in [0.25, 0.3) is 0 Å². The number of carbonyl (C=O) groups is 1. The molecule has 0 atom stereocenters. The highest BCUT2D eigenvalue weighted by Gasteiger charge is 2.10. The minimum Gasteiger partial charge on any atom is -0.485 e. The van der Waals surface area contributed by atoms with Gasteiger partial charge in [0.15, 0.2) is 17.9 Å². The predicted molar refractivity (Wildman–Crippen MR) is 72.0 cm³/mol. The van der Waals surface area contributed by atoms with Gasteiger partial charge < -0.3 is 4.74 Å². The van der Waals surface area contributed by atoms with Crippen LogP contribution in [0.1, 0.15) is 27.0 Å². The van der Waals surface area contributed by atoms with E-state index in [1.54, 1.807) is 18.2 Å². The van der Waals surface area contributed by atoms with E-state index in [4.69, 9.17) is 10.00 Å². The molecule has 100 valence electrons. The number of carbonyl (C=O) groups excluding carboxylic acids is 1. The van der Waals surface area contributed by atoms with Crippen LogP contribution < -0.4 is 4.74 Å². The van der Waals surface area contributed by atoms with Crippen LogP contribution in [0.2, 0.25) is 0 Å². The number of hydrogen-bond donors (Lipinski definition) is 0. The maximum absolute atomic E-state index is 13.6. The van der Waals surface area contributed by atoms with Gasteiger partial charge in [-0.15, -0.1) is 0 Å². The maximum atomic E-state index is 13.6. The van der Waals surface area contributed by atoms with Crippen molar-refractivity contribution in [2.24, 2.45) is 0 Å². The molecule has 2 rings (SSSR count). The molecule has 0 heterocycles. The minimum absolute atomic E-state index is 0.0498. The van der Waals surface area contributed by atoms with Crippen LogP contribution in [0, 0.1) is 24.1 Å². The molecule has 0 N–H and O–H groups in total. The number of para-hydroxylation sites is 1. The number of benzene rings is 2. The van der Waals surface area contributed by atoms with Crippen molar-refractivity contribution >= 4 is 6.29 Å². The van der Waals surface area contributed by atoms with Crippen LogP contribution >= 0.6 is 0 Å². The van der Waals surface area contributed by atoms with Crippen molar-refractivity contribution in [2.45, 2.75) is 13.5 Å². The second-order valence-corrected chi connectivity index (χ2v) is 4.32. The van der Waals surface area contributed by atoms with Gasteiger partial charge in [-0.25, -0.2) is 4.39 Å². The molecule has 0 saturated heterocycles. The van der Waals surface area contributed by atoms with Gasteiger partial charge in [0.2, 0.25) is 0 Å². The molecule has 0 aliphatic carbocycles. The van der Waals surface area contributed by atoms with Gasteiger partial charge in [0.05, 0.1) is 17.2 Å². The van der Waals surface area contributed by atoms with Crippen molar-refractivity contribution in [1.29, 1.82) is 5.26 Å². The highest BCUT2D eigenvalue weighted by Crippen LogP contribution is 2.23. The van der Waals surface area contributed by atoms with E-state index < -0.39 is 5.82 Å². The Morgan fingerprint density at radius 3 is 2.80 bits per heavy atom. The Kier molecular flexibility index (Phi) is 4.11. The lowest BCUT2D eigenvalue weighted by Gasteiger charge is -2.11. The van der Waals surface area contributed by atoms with E-state index in [-0.39, 0.29) is 17.9 Å². The second-order valence-electron chi connectivity index (χ2n) is 4.32. The Bertz CT molecular complexity index is 689. The van der Waals surface area contributed by atoms with Crippen LogP contribution in [0.5, 0.6) is 5.75 Å². The molecule has 3 nitrogen and oxygen atoms in total. The molecule has 0 unspecified atom stereocenters. The summed E-state index contributed by atoms with van der Waals surface area (Å²) in [6.45, 7) is 1.99. The lowest BCUT2D eigenvalue weighted by Crippen LogP contribution is -2.02. The molecule has 0 aliphatic heterocycles. The van der Waals surface area contributed by atoms with Crippen molar-refractivity contribution in [2.75, 3.05) is 0 Å². The van der Waals surface area contributed by atoms with Gasteiger partial charge in [-0.1, -0.05) is 12.1 Å². The summed E-state index contributed by atoms with van der Waals surface area (Å²) in [7, 11) is 0. The Balaban J connectivity index is 2.21. The van der Waals surface area contributed by atoms with Crippen molar-refractivity contribution in [3.63, 3.8) is 0 Å². The van der Waals surface area contributed by atoms with Crippen LogP contribution in [-0.4, -0.2) is 6.29 Å². The average Bonchev–Trinajstić information content (AvgIpc) is 2.46. The first-order valence-corrected chi connectivity index (χ1v) is 6.02. The fourth-order valence-corrected chi connectivity index (χ4v) is 1.85. The van der Waals surface area contributed by atoms with Crippen LogP contribution in [0.15, 0.2) is 36.4 Å². The molecule has 0 aliphatic rings. The number of rotatable bonds is 4. The number of halogens is 1. The van der Waals surface area contributed by atoms with E-state index in [1.165, 1.54) is 18.2 Å². The lowest BCUT2D eigenvalue weighted by molar-refractivity contribution is 0.111. The number of hydrogen-bond acceptors (Lipinski definition) is 3. The van der Waals surface area contributed by atoms with E-state index in [0.29, 0.717) is 11.8 Å². The third-order valence-electron chi connectivity index (χ3n) is 2.97. The van der Waals surface area contributed by atoms with E-state index >= 15 is 0 Å². The third kappa shape index (κ3) is 2.83. The summed E-state index contributed by atoms with van der Waals surface area (Å²) in [6, 6.07) is 11.4. The quantitative estimate of drug-likeness (QED) is 0.799. The zero-order valence-electron chi connectivity index (χ0n) is 10.9. The molecular weight excluding hydrogens is 257 g/mol. The summed E-state index contributed by atoms with van der Waals surface area (Å²) >= 11 is 0. The summed E-state index contributed by atoms with van der Waals surface area (Å²) < 4.78 is 19.0. The molecular formula is C16H12FNO2. The molecule has 20 heavy (non-hydrogen) atoms. The summed E-state index contributed by atoms with van der Waals surface area (Å²) in [6.07, 6.45) is 0.560. The largest absolute Gasteiger partial charge is 0.485 e. The SMILES string of the molecule is Cc1cc(C#N)ccc1COc1c(F)cccc1C=O. The number of nitrogens with zero attached hydrogens (tertiary/aromatic N) is 1. The van der Waals surface area contributed by atoms with Crippen LogP contribution in [0.3, 0.4) is 0 Å². The Morgan fingerprint density at radius 1 is 1.35 bits per heavy atom. The molecule has 0 bridgehead atoms. The summed E-state index contributed by atoms with van der Waals surface area (Å²) in [5.41, 5.74) is 2.46. The van der Waals surface area contributed by atoms with Gasteiger partial charge >= 0.3 is 0 Å². The van der Waals surface area contributed by atoms with E-state index in [1.807, 2.05) is 13.0 Å². The molecule has 0 saturated carbocycles. The number of nitriles is 1. The maximum Gasteiger partial charge on any atom is 0.165 e. The fraction of sp³-hybridized carbons (Fsp3) is 0.125. The Labute approximate surface area is 116 Å². The molecule has 2 aromatic rings. The normalized spacial score (nSPS) is 9.85. The van der Waals surface area contributed by atoms with E-state index in [2.05, 4.69) is 0 Å². The number of aryl methyl sites for hydroxylation is 1. The first-order chi connectivity index (χ1) is 9.65. The molecule has 0 fully saturated rings. The topological polar surface area (TPSA) is 50.1 Å². The second kappa shape index (κ2) is 5.98. The van der Waals surface area contributed by atoms with Gasteiger partial charge in [0, 0.05) is 0 Å². The lowest BCUT2D eigenvalue weighted by atomic mass is 10.1. The highest BCUT2D eigenvalue weighted by molar-refractivity contribution is 5.79. The first kappa shape index (κ1) is 13.8. The van der Waals surface area contributed by atoms with E-state index in [0.717, 1.165) is 11.1 Å². The molecule has 0 spiro atoms. The van der Waals surface area contributed by atoms with Crippen molar-refractivity contribution in [3.05, 3.63) is 64.5 Å². The van der Waals surface area contributed by atoms with Gasteiger partial charge in [-0.2, -0.15) is 5.26 Å². The minimum atomic E-state index is -0.569. The fourth-order valence-electron chi connectivity index (χ4n) is 1.85. The van der Waals surface area contributed by atoms with Gasteiger partial charge in [-0.05, 0) is 42.3 Å². The Hall–Kier alpha value is -2.67. The molecule has 0 aromatic heterocycles.